The Morgan fingerprint density at radius 2 is 1.36 bits per heavy atom. The summed E-state index contributed by atoms with van der Waals surface area (Å²) in [5.41, 5.74) is 0. The SMILES string of the molecule is CC(C)C1CCCCC1.CC(C)OC1CC(C)N(C)C(C)C1. The molecule has 2 aliphatic rings. The number of ether oxygens (including phenoxy) is 1. The molecule has 2 rings (SSSR count). The predicted octanol–water partition coefficient (Wildman–Crippen LogP) is 5.51. The Bertz CT molecular complexity index is 271. The smallest absolute Gasteiger partial charge is 0.0608 e. The predicted molar refractivity (Wildman–Crippen MR) is 97.3 cm³/mol. The molecule has 2 atom stereocenters. The molecule has 0 spiro atoms. The minimum absolute atomic E-state index is 0.368. The van der Waals surface area contributed by atoms with Crippen molar-refractivity contribution in [3.05, 3.63) is 0 Å². The molecule has 0 amide bonds. The van der Waals surface area contributed by atoms with E-state index in [9.17, 15) is 0 Å². The van der Waals surface area contributed by atoms with E-state index >= 15 is 0 Å². The summed E-state index contributed by atoms with van der Waals surface area (Å²) in [6, 6.07) is 1.32. The van der Waals surface area contributed by atoms with E-state index in [1.54, 1.807) is 0 Å². The maximum atomic E-state index is 5.85. The Hall–Kier alpha value is -0.0800. The minimum Gasteiger partial charge on any atom is -0.375 e. The number of likely N-dealkylation sites (tertiary alicyclic amines) is 1. The van der Waals surface area contributed by atoms with Crippen LogP contribution in [0.2, 0.25) is 0 Å². The summed E-state index contributed by atoms with van der Waals surface area (Å²) in [4.78, 5) is 2.44. The molecule has 0 radical (unpaired) electrons. The van der Waals surface area contributed by atoms with Crippen LogP contribution >= 0.6 is 0 Å². The lowest BCUT2D eigenvalue weighted by Crippen LogP contribution is -2.46. The molecule has 0 N–H and O–H groups in total. The first-order valence-corrected chi connectivity index (χ1v) is 9.68. The fraction of sp³-hybridized carbons (Fsp3) is 1.00. The van der Waals surface area contributed by atoms with E-state index in [0.29, 0.717) is 24.3 Å². The Balaban J connectivity index is 0.000000235. The summed E-state index contributed by atoms with van der Waals surface area (Å²) >= 11 is 0. The Kier molecular flexibility index (Phi) is 9.01. The first-order valence-electron chi connectivity index (χ1n) is 9.68. The molecular formula is C20H41NO. The van der Waals surface area contributed by atoms with E-state index in [1.807, 2.05) is 0 Å². The minimum atomic E-state index is 0.368. The average molecular weight is 312 g/mol. The number of nitrogens with zero attached hydrogens (tertiary/aromatic N) is 1. The van der Waals surface area contributed by atoms with Crippen molar-refractivity contribution in [3.63, 3.8) is 0 Å². The second-order valence-electron chi connectivity index (χ2n) is 8.28. The summed E-state index contributed by atoms with van der Waals surface area (Å²) in [6.07, 6.45) is 10.7. The molecule has 2 nitrogen and oxygen atoms in total. The van der Waals surface area contributed by atoms with Crippen LogP contribution in [-0.4, -0.2) is 36.2 Å². The maximum absolute atomic E-state index is 5.85. The molecule has 0 aromatic heterocycles. The molecule has 0 aromatic carbocycles. The van der Waals surface area contributed by atoms with Gasteiger partial charge in [-0.25, -0.2) is 0 Å². The highest BCUT2D eigenvalue weighted by Crippen LogP contribution is 2.29. The van der Waals surface area contributed by atoms with Gasteiger partial charge in [0.15, 0.2) is 0 Å². The van der Waals surface area contributed by atoms with E-state index in [1.165, 1.54) is 44.9 Å². The van der Waals surface area contributed by atoms with Gasteiger partial charge in [0, 0.05) is 12.1 Å². The van der Waals surface area contributed by atoms with Crippen molar-refractivity contribution < 1.29 is 4.74 Å². The zero-order valence-electron chi connectivity index (χ0n) is 16.3. The Morgan fingerprint density at radius 1 is 0.864 bits per heavy atom. The summed E-state index contributed by atoms with van der Waals surface area (Å²) in [5.74, 6) is 1.99. The molecule has 0 aromatic rings. The molecule has 2 heteroatoms. The van der Waals surface area contributed by atoms with Crippen LogP contribution in [0.15, 0.2) is 0 Å². The third-order valence-electron chi connectivity index (χ3n) is 5.66. The maximum Gasteiger partial charge on any atom is 0.0608 e. The van der Waals surface area contributed by atoms with Crippen LogP contribution in [0.25, 0.3) is 0 Å². The molecule has 1 aliphatic heterocycles. The van der Waals surface area contributed by atoms with Gasteiger partial charge >= 0.3 is 0 Å². The lowest BCUT2D eigenvalue weighted by atomic mass is 9.82. The zero-order valence-corrected chi connectivity index (χ0v) is 16.3. The molecule has 2 unspecified atom stereocenters. The number of hydrogen-bond acceptors (Lipinski definition) is 2. The highest BCUT2D eigenvalue weighted by atomic mass is 16.5. The largest absolute Gasteiger partial charge is 0.375 e. The van der Waals surface area contributed by atoms with E-state index in [4.69, 9.17) is 4.74 Å². The summed E-state index contributed by atoms with van der Waals surface area (Å²) in [7, 11) is 2.21. The molecule has 1 heterocycles. The monoisotopic (exact) mass is 311 g/mol. The molecule has 1 saturated heterocycles. The van der Waals surface area contributed by atoms with E-state index in [-0.39, 0.29) is 0 Å². The van der Waals surface area contributed by atoms with Crippen LogP contribution in [0.3, 0.4) is 0 Å². The van der Waals surface area contributed by atoms with E-state index in [0.717, 1.165) is 11.8 Å². The standard InChI is InChI=1S/C11H23NO.C9H18/c1-8(2)13-11-6-9(3)12(5)10(4)7-11;1-8(2)9-6-4-3-5-7-9/h8-11H,6-7H2,1-5H3;8-9H,3-7H2,1-2H3. The fourth-order valence-electron chi connectivity index (χ4n) is 3.92. The van der Waals surface area contributed by atoms with Crippen LogP contribution in [0.5, 0.6) is 0 Å². The van der Waals surface area contributed by atoms with Crippen molar-refractivity contribution in [2.75, 3.05) is 7.05 Å². The van der Waals surface area contributed by atoms with Gasteiger partial charge in [0.1, 0.15) is 0 Å². The van der Waals surface area contributed by atoms with Gasteiger partial charge in [-0.15, -0.1) is 0 Å². The van der Waals surface area contributed by atoms with Crippen molar-refractivity contribution in [2.45, 2.75) is 111 Å². The van der Waals surface area contributed by atoms with Crippen LogP contribution < -0.4 is 0 Å². The lowest BCUT2D eigenvalue weighted by Gasteiger charge is -2.40. The van der Waals surface area contributed by atoms with Gasteiger partial charge in [-0.1, -0.05) is 46.0 Å². The van der Waals surface area contributed by atoms with Gasteiger partial charge in [-0.05, 0) is 59.4 Å². The third-order valence-corrected chi connectivity index (χ3v) is 5.66. The molecule has 0 bridgehead atoms. The first kappa shape index (κ1) is 20.0. The number of rotatable bonds is 3. The Morgan fingerprint density at radius 3 is 1.73 bits per heavy atom. The van der Waals surface area contributed by atoms with Crippen LogP contribution in [0, 0.1) is 11.8 Å². The normalized spacial score (nSPS) is 31.2. The van der Waals surface area contributed by atoms with Crippen molar-refractivity contribution >= 4 is 0 Å². The van der Waals surface area contributed by atoms with Gasteiger partial charge in [0.25, 0.3) is 0 Å². The van der Waals surface area contributed by atoms with E-state index in [2.05, 4.69) is 53.5 Å². The van der Waals surface area contributed by atoms with Crippen molar-refractivity contribution in [3.8, 4) is 0 Å². The third kappa shape index (κ3) is 7.00. The van der Waals surface area contributed by atoms with Gasteiger partial charge < -0.3 is 9.64 Å². The van der Waals surface area contributed by atoms with Crippen molar-refractivity contribution in [2.24, 2.45) is 11.8 Å². The van der Waals surface area contributed by atoms with Crippen LogP contribution in [0.1, 0.15) is 86.5 Å². The topological polar surface area (TPSA) is 12.5 Å². The van der Waals surface area contributed by atoms with Gasteiger partial charge in [-0.3, -0.25) is 0 Å². The summed E-state index contributed by atoms with van der Waals surface area (Å²) in [6.45, 7) is 13.5. The molecule has 2 fully saturated rings. The summed E-state index contributed by atoms with van der Waals surface area (Å²) in [5, 5.41) is 0. The second kappa shape index (κ2) is 9.93. The van der Waals surface area contributed by atoms with Crippen molar-refractivity contribution in [1.82, 2.24) is 4.90 Å². The average Bonchev–Trinajstić information content (AvgIpc) is 2.45. The van der Waals surface area contributed by atoms with Crippen molar-refractivity contribution in [1.29, 1.82) is 0 Å². The molecule has 22 heavy (non-hydrogen) atoms. The highest BCUT2D eigenvalue weighted by Gasteiger charge is 2.28. The van der Waals surface area contributed by atoms with Gasteiger partial charge in [0.05, 0.1) is 12.2 Å². The molecule has 1 saturated carbocycles. The van der Waals surface area contributed by atoms with Crippen LogP contribution in [0.4, 0.5) is 0 Å². The molecule has 1 aliphatic carbocycles. The zero-order chi connectivity index (χ0) is 16.7. The highest BCUT2D eigenvalue weighted by molar-refractivity contribution is 4.83. The molecule has 132 valence electrons. The number of hydrogen-bond donors (Lipinski definition) is 0. The first-order chi connectivity index (χ1) is 10.3. The lowest BCUT2D eigenvalue weighted by molar-refractivity contribution is -0.0521. The Labute approximate surface area is 140 Å². The van der Waals surface area contributed by atoms with Gasteiger partial charge in [0.2, 0.25) is 0 Å². The summed E-state index contributed by atoms with van der Waals surface area (Å²) < 4.78 is 5.85. The van der Waals surface area contributed by atoms with E-state index < -0.39 is 0 Å². The fourth-order valence-corrected chi connectivity index (χ4v) is 3.92. The number of piperidine rings is 1. The van der Waals surface area contributed by atoms with Crippen LogP contribution in [-0.2, 0) is 4.74 Å². The van der Waals surface area contributed by atoms with Gasteiger partial charge in [-0.2, -0.15) is 0 Å². The molecular weight excluding hydrogens is 270 g/mol. The second-order valence-corrected chi connectivity index (χ2v) is 8.28. The quantitative estimate of drug-likeness (QED) is 0.682.